The van der Waals surface area contributed by atoms with Crippen LogP contribution in [0.15, 0.2) is 53.2 Å². The summed E-state index contributed by atoms with van der Waals surface area (Å²) in [6, 6.07) is 13.1. The van der Waals surface area contributed by atoms with E-state index in [0.717, 1.165) is 16.7 Å². The minimum atomic E-state index is -1.43. The van der Waals surface area contributed by atoms with Gasteiger partial charge in [0.2, 0.25) is 0 Å². The van der Waals surface area contributed by atoms with Crippen LogP contribution in [0.5, 0.6) is 11.5 Å². The zero-order valence-electron chi connectivity index (χ0n) is 18.4. The maximum absolute atomic E-state index is 13.1. The van der Waals surface area contributed by atoms with E-state index in [4.69, 9.17) is 14.2 Å². The molecule has 33 heavy (non-hydrogen) atoms. The number of benzene rings is 2. The normalized spacial score (nSPS) is 13.8. The molecule has 1 aliphatic rings. The zero-order valence-corrected chi connectivity index (χ0v) is 19.2. The number of nitrogens with one attached hydrogen (secondary N) is 1. The highest BCUT2D eigenvalue weighted by atomic mass is 32.1. The molecule has 0 radical (unpaired) electrons. The molecule has 1 aromatic heterocycles. The largest absolute Gasteiger partial charge is 0.507 e. The number of fused-ring (bicyclic) bond motifs is 1. The van der Waals surface area contributed by atoms with Crippen molar-refractivity contribution in [1.82, 2.24) is 5.32 Å². The number of thiophene rings is 1. The van der Waals surface area contributed by atoms with Crippen LogP contribution >= 0.6 is 11.3 Å². The second-order valence-corrected chi connectivity index (χ2v) is 8.79. The Labute approximate surface area is 195 Å². The van der Waals surface area contributed by atoms with Crippen molar-refractivity contribution in [2.45, 2.75) is 31.9 Å². The molecule has 0 fully saturated rings. The standard InChI is InChI=1S/C25H25NO6S/c1-16-4-3-5-17(10-16)8-9-31-22-11-18(6-7-21(22)30-2)23(27)26-25(32-24(28)29)12-19-14-33-15-20(19)13-25/h3-7,10-11,14-15H,8-9,12-13H2,1-2H3,(H,26,27)(H,28,29). The molecule has 8 heteroatoms. The molecule has 0 atom stereocenters. The molecule has 0 spiro atoms. The van der Waals surface area contributed by atoms with Crippen LogP contribution in [0.4, 0.5) is 4.79 Å². The number of ether oxygens (including phenoxy) is 3. The first-order valence-corrected chi connectivity index (χ1v) is 11.5. The number of carbonyl (C=O) groups excluding carboxylic acids is 1. The second-order valence-electron chi connectivity index (χ2n) is 8.05. The lowest BCUT2D eigenvalue weighted by molar-refractivity contribution is -0.0299. The molecule has 0 saturated carbocycles. The SMILES string of the molecule is COc1ccc(C(=O)NC2(OC(=O)O)Cc3cscc3C2)cc1OCCc1cccc(C)c1. The summed E-state index contributed by atoms with van der Waals surface area (Å²) in [5.41, 5.74) is 3.30. The Kier molecular flexibility index (Phi) is 6.55. The lowest BCUT2D eigenvalue weighted by Crippen LogP contribution is -2.52. The molecule has 1 aliphatic carbocycles. The van der Waals surface area contributed by atoms with Crippen molar-refractivity contribution in [2.24, 2.45) is 0 Å². The van der Waals surface area contributed by atoms with Crippen molar-refractivity contribution in [3.8, 4) is 11.5 Å². The molecule has 7 nitrogen and oxygen atoms in total. The molecule has 172 valence electrons. The monoisotopic (exact) mass is 467 g/mol. The topological polar surface area (TPSA) is 94.1 Å². The minimum Gasteiger partial charge on any atom is -0.493 e. The number of amides is 1. The number of hydrogen-bond donors (Lipinski definition) is 2. The Bertz CT molecular complexity index is 1150. The van der Waals surface area contributed by atoms with Gasteiger partial charge in [0, 0.05) is 24.8 Å². The second kappa shape index (κ2) is 9.54. The Morgan fingerprint density at radius 1 is 1.09 bits per heavy atom. The lowest BCUT2D eigenvalue weighted by Gasteiger charge is -2.29. The summed E-state index contributed by atoms with van der Waals surface area (Å²) in [4.78, 5) is 24.4. The van der Waals surface area contributed by atoms with Crippen LogP contribution in [0, 0.1) is 6.92 Å². The van der Waals surface area contributed by atoms with Crippen LogP contribution in [-0.2, 0) is 24.0 Å². The number of aryl methyl sites for hydroxylation is 1. The maximum Gasteiger partial charge on any atom is 0.507 e. The third-order valence-corrected chi connectivity index (χ3v) is 6.41. The molecular weight excluding hydrogens is 442 g/mol. The summed E-state index contributed by atoms with van der Waals surface area (Å²) in [7, 11) is 1.54. The highest BCUT2D eigenvalue weighted by Crippen LogP contribution is 2.34. The van der Waals surface area contributed by atoms with Gasteiger partial charge in [-0.25, -0.2) is 4.79 Å². The van der Waals surface area contributed by atoms with Crippen LogP contribution in [0.1, 0.15) is 32.6 Å². The van der Waals surface area contributed by atoms with E-state index >= 15 is 0 Å². The van der Waals surface area contributed by atoms with Crippen molar-refractivity contribution in [3.05, 3.63) is 81.0 Å². The molecule has 3 aromatic rings. The van der Waals surface area contributed by atoms with Crippen molar-refractivity contribution in [3.63, 3.8) is 0 Å². The Hall–Kier alpha value is -3.52. The summed E-state index contributed by atoms with van der Waals surface area (Å²) < 4.78 is 16.5. The predicted octanol–water partition coefficient (Wildman–Crippen LogP) is 4.61. The van der Waals surface area contributed by atoms with E-state index in [1.54, 1.807) is 29.5 Å². The van der Waals surface area contributed by atoms with Gasteiger partial charge in [-0.05, 0) is 52.6 Å². The van der Waals surface area contributed by atoms with E-state index in [2.05, 4.69) is 11.4 Å². The van der Waals surface area contributed by atoms with Gasteiger partial charge < -0.3 is 24.6 Å². The molecular formula is C25H25NO6S. The Balaban J connectivity index is 1.48. The quantitative estimate of drug-likeness (QED) is 0.371. The van der Waals surface area contributed by atoms with Gasteiger partial charge in [-0.2, -0.15) is 11.3 Å². The third-order valence-electron chi connectivity index (χ3n) is 5.57. The smallest absolute Gasteiger partial charge is 0.493 e. The van der Waals surface area contributed by atoms with Gasteiger partial charge in [0.1, 0.15) is 0 Å². The van der Waals surface area contributed by atoms with E-state index in [-0.39, 0.29) is 0 Å². The van der Waals surface area contributed by atoms with Crippen molar-refractivity contribution in [1.29, 1.82) is 0 Å². The van der Waals surface area contributed by atoms with E-state index in [1.165, 1.54) is 12.7 Å². The summed E-state index contributed by atoms with van der Waals surface area (Å²) in [5, 5.41) is 15.9. The van der Waals surface area contributed by atoms with Gasteiger partial charge in [-0.1, -0.05) is 29.8 Å². The van der Waals surface area contributed by atoms with Crippen molar-refractivity contribution >= 4 is 23.4 Å². The van der Waals surface area contributed by atoms with E-state index in [0.29, 0.717) is 42.9 Å². The molecule has 2 aromatic carbocycles. The van der Waals surface area contributed by atoms with Gasteiger partial charge in [0.05, 0.1) is 13.7 Å². The highest BCUT2D eigenvalue weighted by Gasteiger charge is 2.43. The first kappa shape index (κ1) is 22.7. The molecule has 0 saturated heterocycles. The highest BCUT2D eigenvalue weighted by molar-refractivity contribution is 7.08. The first-order valence-electron chi connectivity index (χ1n) is 10.5. The van der Waals surface area contributed by atoms with Gasteiger partial charge in [-0.15, -0.1) is 0 Å². The maximum atomic E-state index is 13.1. The number of hydrogen-bond acceptors (Lipinski definition) is 6. The molecule has 0 bridgehead atoms. The third kappa shape index (κ3) is 5.28. The van der Waals surface area contributed by atoms with Crippen molar-refractivity contribution < 1.29 is 28.9 Å². The van der Waals surface area contributed by atoms with E-state index in [9.17, 15) is 14.7 Å². The molecule has 1 amide bonds. The zero-order chi connectivity index (χ0) is 23.4. The number of carbonyl (C=O) groups is 2. The van der Waals surface area contributed by atoms with Crippen LogP contribution in [0.25, 0.3) is 0 Å². The predicted molar refractivity (Wildman–Crippen MR) is 124 cm³/mol. The molecule has 1 heterocycles. The molecule has 0 unspecified atom stereocenters. The van der Waals surface area contributed by atoms with Crippen LogP contribution in [0.2, 0.25) is 0 Å². The van der Waals surface area contributed by atoms with Crippen LogP contribution < -0.4 is 14.8 Å². The van der Waals surface area contributed by atoms with E-state index in [1.807, 2.05) is 35.9 Å². The van der Waals surface area contributed by atoms with Gasteiger partial charge in [-0.3, -0.25) is 4.79 Å². The number of rotatable bonds is 8. The van der Waals surface area contributed by atoms with Crippen molar-refractivity contribution in [2.75, 3.05) is 13.7 Å². The number of methoxy groups -OCH3 is 1. The Morgan fingerprint density at radius 2 is 1.85 bits per heavy atom. The fourth-order valence-electron chi connectivity index (χ4n) is 4.05. The molecule has 4 rings (SSSR count). The lowest BCUT2D eigenvalue weighted by atomic mass is 10.1. The average Bonchev–Trinajstić information content (AvgIpc) is 3.32. The minimum absolute atomic E-state index is 0.292. The summed E-state index contributed by atoms with van der Waals surface area (Å²) in [6.07, 6.45) is -0.141. The Morgan fingerprint density at radius 3 is 2.52 bits per heavy atom. The fourth-order valence-corrected chi connectivity index (χ4v) is 4.91. The molecule has 2 N–H and O–H groups in total. The van der Waals surface area contributed by atoms with Gasteiger partial charge in [0.25, 0.3) is 5.91 Å². The van der Waals surface area contributed by atoms with Gasteiger partial charge >= 0.3 is 6.16 Å². The van der Waals surface area contributed by atoms with Gasteiger partial charge in [0.15, 0.2) is 17.2 Å². The van der Waals surface area contributed by atoms with Crippen LogP contribution in [0.3, 0.4) is 0 Å². The van der Waals surface area contributed by atoms with E-state index < -0.39 is 17.8 Å². The summed E-state index contributed by atoms with van der Waals surface area (Å²) in [5.74, 6) is 0.502. The number of carboxylic acid groups (broad SMARTS) is 1. The first-order chi connectivity index (χ1) is 15.9. The summed E-state index contributed by atoms with van der Waals surface area (Å²) in [6.45, 7) is 2.46. The average molecular weight is 468 g/mol. The fraction of sp³-hybridized carbons (Fsp3) is 0.280. The summed E-state index contributed by atoms with van der Waals surface area (Å²) >= 11 is 1.54. The molecule has 0 aliphatic heterocycles. The van der Waals surface area contributed by atoms with Crippen LogP contribution in [-0.4, -0.2) is 36.6 Å².